The zero-order valence-electron chi connectivity index (χ0n) is 37.8. The van der Waals surface area contributed by atoms with Gasteiger partial charge >= 0.3 is 6.15 Å². The molecule has 19 heteroatoms. The van der Waals surface area contributed by atoms with Crippen LogP contribution >= 0.6 is 0 Å². The van der Waals surface area contributed by atoms with Gasteiger partial charge in [0.15, 0.2) is 10.1 Å². The number of nitrogens with one attached hydrogen (secondary N) is 1. The Kier molecular flexibility index (Phi) is 15.3. The Morgan fingerprint density at radius 3 is 2.14 bits per heavy atom. The van der Waals surface area contributed by atoms with E-state index in [4.69, 9.17) is 24.2 Å². The number of nitrogens with zero attached hydrogens (tertiary/aromatic N) is 6. The first kappa shape index (κ1) is 49.5. The van der Waals surface area contributed by atoms with Crippen LogP contribution in [-0.2, 0) is 51.9 Å². The van der Waals surface area contributed by atoms with Crippen molar-refractivity contribution in [2.24, 2.45) is 5.14 Å². The summed E-state index contributed by atoms with van der Waals surface area (Å²) < 4.78 is 65.7. The SMILES string of the molecule is CC(C)c1cccc2c1CC(=O)NS(=O)(=O)c1ccn(n1)C(C)(C)COc1cc-2ccn1.Cc1c(-c2ccnc(OCC(C)(C)n3ccc(S(N)(=O)=O)n3)c2)cccc1C(C)C.O=C=O. The molecule has 0 aliphatic carbocycles. The number of carbonyl (C=O) groups is 1. The highest BCUT2D eigenvalue weighted by molar-refractivity contribution is 7.90. The number of hydrogen-bond donors (Lipinski definition) is 2. The lowest BCUT2D eigenvalue weighted by Gasteiger charge is -2.25. The molecule has 1 aliphatic heterocycles. The van der Waals surface area contributed by atoms with Gasteiger partial charge in [-0.15, -0.1) is 0 Å². The summed E-state index contributed by atoms with van der Waals surface area (Å²) in [4.78, 5) is 37.8. The van der Waals surface area contributed by atoms with Gasteiger partial charge in [-0.3, -0.25) is 14.2 Å². The van der Waals surface area contributed by atoms with Crippen molar-refractivity contribution in [3.8, 4) is 34.0 Å². The zero-order chi connectivity index (χ0) is 47.9. The minimum Gasteiger partial charge on any atom is -0.475 e. The Morgan fingerprint density at radius 1 is 0.892 bits per heavy atom. The van der Waals surface area contributed by atoms with Gasteiger partial charge in [0.2, 0.25) is 17.7 Å². The summed E-state index contributed by atoms with van der Waals surface area (Å²) in [5.74, 6) is 0.906. The Bertz CT molecular complexity index is 2920. The second-order valence-electron chi connectivity index (χ2n) is 17.2. The molecule has 0 atom stereocenters. The molecule has 4 bridgehead atoms. The number of benzene rings is 2. The topological polar surface area (TPSA) is 237 Å². The first-order valence-electron chi connectivity index (χ1n) is 20.6. The van der Waals surface area contributed by atoms with Gasteiger partial charge in [-0.25, -0.2) is 28.2 Å². The molecule has 0 unspecified atom stereocenters. The second kappa shape index (κ2) is 20.1. The lowest BCUT2D eigenvalue weighted by Crippen LogP contribution is -2.35. The molecule has 0 saturated heterocycles. The van der Waals surface area contributed by atoms with E-state index in [1.807, 2.05) is 84.0 Å². The number of pyridine rings is 2. The number of carbonyl (C=O) groups excluding carboxylic acids is 3. The van der Waals surface area contributed by atoms with Crippen LogP contribution in [0.3, 0.4) is 0 Å². The van der Waals surface area contributed by atoms with E-state index in [0.29, 0.717) is 17.7 Å². The maximum absolute atomic E-state index is 12.9. The van der Waals surface area contributed by atoms with Gasteiger partial charge in [-0.2, -0.15) is 28.2 Å². The van der Waals surface area contributed by atoms with Gasteiger partial charge < -0.3 is 9.47 Å². The highest BCUT2D eigenvalue weighted by Gasteiger charge is 2.29. The van der Waals surface area contributed by atoms with Crippen LogP contribution < -0.4 is 19.3 Å². The smallest absolute Gasteiger partial charge is 0.373 e. The fourth-order valence-electron chi connectivity index (χ4n) is 7.13. The van der Waals surface area contributed by atoms with Crippen LogP contribution in [-0.4, -0.2) is 71.6 Å². The van der Waals surface area contributed by atoms with E-state index < -0.39 is 37.0 Å². The summed E-state index contributed by atoms with van der Waals surface area (Å²) in [6.45, 7) is 18.6. The number of fused-ring (bicyclic) bond motifs is 6. The molecule has 65 heavy (non-hydrogen) atoms. The normalized spacial score (nSPS) is 14.4. The Balaban J connectivity index is 0.000000231. The summed E-state index contributed by atoms with van der Waals surface area (Å²) in [5.41, 5.74) is 6.92. The minimum absolute atomic E-state index is 0.0897. The monoisotopic (exact) mass is 926 g/mol. The molecule has 2 aromatic carbocycles. The van der Waals surface area contributed by atoms with Gasteiger partial charge in [0.05, 0.1) is 17.5 Å². The highest BCUT2D eigenvalue weighted by atomic mass is 32.2. The van der Waals surface area contributed by atoms with Gasteiger partial charge in [-0.05, 0) is 115 Å². The van der Waals surface area contributed by atoms with Crippen molar-refractivity contribution in [1.29, 1.82) is 0 Å². The summed E-state index contributed by atoms with van der Waals surface area (Å²) >= 11 is 0. The molecule has 0 fully saturated rings. The summed E-state index contributed by atoms with van der Waals surface area (Å²) in [5, 5.41) is 13.0. The van der Waals surface area contributed by atoms with Crippen molar-refractivity contribution >= 4 is 32.1 Å². The van der Waals surface area contributed by atoms with Crippen molar-refractivity contribution in [2.75, 3.05) is 13.2 Å². The highest BCUT2D eigenvalue weighted by Crippen LogP contribution is 2.34. The Labute approximate surface area is 379 Å². The van der Waals surface area contributed by atoms with Crippen molar-refractivity contribution in [1.82, 2.24) is 34.3 Å². The zero-order valence-corrected chi connectivity index (χ0v) is 39.4. The molecule has 0 spiro atoms. The molecule has 4 aromatic heterocycles. The minimum atomic E-state index is -4.11. The van der Waals surface area contributed by atoms with Gasteiger partial charge in [0.25, 0.3) is 20.0 Å². The summed E-state index contributed by atoms with van der Waals surface area (Å²) in [6.07, 6.45) is 6.69. The maximum atomic E-state index is 12.9. The maximum Gasteiger partial charge on any atom is 0.373 e. The average Bonchev–Trinajstić information content (AvgIpc) is 3.96. The molecule has 344 valence electrons. The number of primary sulfonamides is 1. The molecule has 17 nitrogen and oxygen atoms in total. The summed E-state index contributed by atoms with van der Waals surface area (Å²) in [7, 11) is -7.96. The number of ether oxygens (including phenoxy) is 2. The lowest BCUT2D eigenvalue weighted by molar-refractivity contribution is -0.191. The molecular weight excluding hydrogens is 873 g/mol. The second-order valence-corrected chi connectivity index (χ2v) is 20.3. The molecule has 3 N–H and O–H groups in total. The van der Waals surface area contributed by atoms with Crippen LogP contribution in [0.1, 0.15) is 89.5 Å². The third-order valence-corrected chi connectivity index (χ3v) is 12.7. The molecule has 0 radical (unpaired) electrons. The average molecular weight is 927 g/mol. The molecule has 6 aromatic rings. The fraction of sp³-hybridized carbons (Fsp3) is 0.348. The van der Waals surface area contributed by atoms with Crippen LogP contribution in [0.25, 0.3) is 22.3 Å². The lowest BCUT2D eigenvalue weighted by atomic mass is 9.88. The van der Waals surface area contributed by atoms with Crippen LogP contribution in [0.5, 0.6) is 11.8 Å². The molecule has 1 amide bonds. The van der Waals surface area contributed by atoms with Crippen molar-refractivity contribution in [3.05, 3.63) is 120 Å². The summed E-state index contributed by atoms with van der Waals surface area (Å²) in [6, 6.07) is 22.5. The molecule has 5 heterocycles. The number of aromatic nitrogens is 6. The largest absolute Gasteiger partial charge is 0.475 e. The fourth-order valence-corrected chi connectivity index (χ4v) is 8.50. The van der Waals surface area contributed by atoms with Crippen molar-refractivity contribution in [2.45, 2.75) is 102 Å². The quantitative estimate of drug-likeness (QED) is 0.166. The van der Waals surface area contributed by atoms with E-state index in [1.165, 1.54) is 32.6 Å². The number of hydrogen-bond acceptors (Lipinski definition) is 13. The van der Waals surface area contributed by atoms with Crippen LogP contribution in [0.2, 0.25) is 0 Å². The first-order valence-corrected chi connectivity index (χ1v) is 23.6. The van der Waals surface area contributed by atoms with Crippen LogP contribution in [0, 0.1) is 6.92 Å². The predicted molar refractivity (Wildman–Crippen MR) is 242 cm³/mol. The number of rotatable bonds is 8. The standard InChI is InChI=1S/C23H26N4O4S.C22H28N4O3S.CO2/c1-15(2)17-6-5-7-18-16-8-10-24-21(12-16)31-14-23(3,4)27-11-9-22(25-27)32(29,30)26-20(28)13-19(17)18;1-15(2)18-7-6-8-19(16(18)3)17-9-11-24-20(13-17)29-14-22(4,5)26-12-10-21(25-26)30(23,27)28;2-1-3/h5-12,15H,13-14H2,1-4H3,(H,26,28);6-13,15H,14H2,1-5H3,(H2,23,27,28);. The van der Waals surface area contributed by atoms with E-state index in [-0.39, 0.29) is 41.8 Å². The molecule has 0 saturated carbocycles. The van der Waals surface area contributed by atoms with E-state index in [9.17, 15) is 21.6 Å². The Hall–Kier alpha value is -6.53. The van der Waals surface area contributed by atoms with E-state index in [1.54, 1.807) is 24.8 Å². The number of amides is 1. The van der Waals surface area contributed by atoms with Crippen molar-refractivity contribution in [3.63, 3.8) is 0 Å². The molecular formula is C46H54N8O9S2. The molecule has 1 aliphatic rings. The third kappa shape index (κ3) is 12.2. The third-order valence-electron chi connectivity index (χ3n) is 10.6. The van der Waals surface area contributed by atoms with E-state index in [0.717, 1.165) is 33.4 Å². The first-order chi connectivity index (χ1) is 30.5. The van der Waals surface area contributed by atoms with Crippen molar-refractivity contribution < 1.29 is 40.7 Å². The molecule has 7 rings (SSSR count). The van der Waals surface area contributed by atoms with E-state index in [2.05, 4.69) is 63.9 Å². The van der Waals surface area contributed by atoms with E-state index >= 15 is 0 Å². The predicted octanol–water partition coefficient (Wildman–Crippen LogP) is 6.50. The Morgan fingerprint density at radius 2 is 1.51 bits per heavy atom. The van der Waals surface area contributed by atoms with Gasteiger partial charge in [0.1, 0.15) is 13.2 Å². The van der Waals surface area contributed by atoms with Crippen LogP contribution in [0.15, 0.2) is 108 Å². The van der Waals surface area contributed by atoms with Crippen LogP contribution in [0.4, 0.5) is 0 Å². The van der Waals surface area contributed by atoms with Gasteiger partial charge in [-0.1, -0.05) is 64.1 Å². The number of sulfonamides is 2. The van der Waals surface area contributed by atoms with Gasteiger partial charge in [0, 0.05) is 36.9 Å². The number of nitrogens with two attached hydrogens (primary N) is 1.